The second kappa shape index (κ2) is 12.7. The van der Waals surface area contributed by atoms with E-state index in [1.807, 2.05) is 54.6 Å². The Morgan fingerprint density at radius 2 is 1.81 bits per heavy atom. The lowest BCUT2D eigenvalue weighted by Crippen LogP contribution is -2.38. The zero-order valence-electron chi connectivity index (χ0n) is 15.1. The number of benzene rings is 2. The fraction of sp³-hybridized carbons (Fsp3) is 0.316. The summed E-state index contributed by atoms with van der Waals surface area (Å²) in [5, 5.41) is 6.44. The van der Waals surface area contributed by atoms with Crippen molar-refractivity contribution in [2.24, 2.45) is 4.99 Å². The summed E-state index contributed by atoms with van der Waals surface area (Å²) in [5.74, 6) is 2.69. The van der Waals surface area contributed by atoms with Crippen LogP contribution >= 0.6 is 24.0 Å². The first-order valence-corrected chi connectivity index (χ1v) is 9.66. The number of aliphatic imine (C=N–C) groups is 1. The molecule has 0 spiro atoms. The second-order valence-corrected chi connectivity index (χ2v) is 7.05. The van der Waals surface area contributed by atoms with Crippen LogP contribution in [0.4, 0.5) is 0 Å². The summed E-state index contributed by atoms with van der Waals surface area (Å²) < 4.78 is 17.3. The number of guanidine groups is 1. The summed E-state index contributed by atoms with van der Waals surface area (Å²) in [6.45, 7) is 1.25. The van der Waals surface area contributed by atoms with Crippen LogP contribution < -0.4 is 15.4 Å². The van der Waals surface area contributed by atoms with Crippen molar-refractivity contribution in [2.45, 2.75) is 12.3 Å². The van der Waals surface area contributed by atoms with Crippen molar-refractivity contribution in [3.63, 3.8) is 0 Å². The molecule has 0 saturated heterocycles. The summed E-state index contributed by atoms with van der Waals surface area (Å²) in [4.78, 5) is 4.19. The van der Waals surface area contributed by atoms with Gasteiger partial charge in [-0.1, -0.05) is 42.5 Å². The predicted octanol–water partition coefficient (Wildman–Crippen LogP) is 2.93. The first-order valence-electron chi connectivity index (χ1n) is 8.17. The molecule has 2 aromatic rings. The first kappa shape index (κ1) is 22.4. The van der Waals surface area contributed by atoms with E-state index in [9.17, 15) is 4.21 Å². The van der Waals surface area contributed by atoms with Crippen molar-refractivity contribution >= 4 is 40.7 Å². The molecule has 1 atom stereocenters. The highest BCUT2D eigenvalue weighted by Gasteiger charge is 2.03. The number of hydrogen-bond donors (Lipinski definition) is 2. The van der Waals surface area contributed by atoms with E-state index in [1.54, 1.807) is 14.2 Å². The van der Waals surface area contributed by atoms with Crippen molar-refractivity contribution in [1.82, 2.24) is 10.6 Å². The second-order valence-electron chi connectivity index (χ2n) is 5.48. The van der Waals surface area contributed by atoms with Gasteiger partial charge in [0, 0.05) is 42.4 Å². The zero-order valence-corrected chi connectivity index (χ0v) is 18.3. The van der Waals surface area contributed by atoms with E-state index in [0.29, 0.717) is 30.6 Å². The molecule has 5 nitrogen and oxygen atoms in total. The summed E-state index contributed by atoms with van der Waals surface area (Å²) >= 11 is 0. The van der Waals surface area contributed by atoms with Gasteiger partial charge < -0.3 is 15.4 Å². The van der Waals surface area contributed by atoms with Crippen molar-refractivity contribution in [3.05, 3.63) is 65.7 Å². The molecule has 0 aliphatic rings. The standard InChI is InChI=1S/C19H25N3O2S.HI/c1-20-19(22-14-17-9-6-10-18(13-17)24-2)21-11-12-25(23)15-16-7-4-3-5-8-16;/h3-10,13H,11-12,14-15H2,1-2H3,(H2,20,21,22);1H. The highest BCUT2D eigenvalue weighted by molar-refractivity contribution is 14.0. The van der Waals surface area contributed by atoms with Crippen LogP contribution in [0.1, 0.15) is 11.1 Å². The molecule has 1 unspecified atom stereocenters. The van der Waals surface area contributed by atoms with E-state index in [-0.39, 0.29) is 24.0 Å². The summed E-state index contributed by atoms with van der Waals surface area (Å²) in [5.41, 5.74) is 2.20. The van der Waals surface area contributed by atoms with E-state index >= 15 is 0 Å². The molecule has 0 bridgehead atoms. The molecule has 0 radical (unpaired) electrons. The fourth-order valence-electron chi connectivity index (χ4n) is 2.30. The van der Waals surface area contributed by atoms with Gasteiger partial charge in [0.25, 0.3) is 0 Å². The molecule has 142 valence electrons. The molecular formula is C19H26IN3O2S. The molecular weight excluding hydrogens is 461 g/mol. The largest absolute Gasteiger partial charge is 0.497 e. The molecule has 2 aromatic carbocycles. The van der Waals surface area contributed by atoms with Crippen molar-refractivity contribution in [3.8, 4) is 5.75 Å². The summed E-state index contributed by atoms with van der Waals surface area (Å²) in [7, 11) is 2.48. The van der Waals surface area contributed by atoms with Crippen LogP contribution in [0.3, 0.4) is 0 Å². The average molecular weight is 487 g/mol. The topological polar surface area (TPSA) is 62.7 Å². The van der Waals surface area contributed by atoms with Gasteiger partial charge in [0.2, 0.25) is 0 Å². The third kappa shape index (κ3) is 8.18. The van der Waals surface area contributed by atoms with Crippen molar-refractivity contribution in [1.29, 1.82) is 0 Å². The Morgan fingerprint density at radius 3 is 2.50 bits per heavy atom. The molecule has 0 amide bonds. The smallest absolute Gasteiger partial charge is 0.191 e. The van der Waals surface area contributed by atoms with Gasteiger partial charge in [0.15, 0.2) is 5.96 Å². The van der Waals surface area contributed by atoms with Gasteiger partial charge in [-0.15, -0.1) is 24.0 Å². The number of rotatable bonds is 8. The maximum absolute atomic E-state index is 12.1. The van der Waals surface area contributed by atoms with Gasteiger partial charge in [-0.05, 0) is 23.3 Å². The number of halogens is 1. The number of nitrogens with one attached hydrogen (secondary N) is 2. The Labute approximate surface area is 175 Å². The number of ether oxygens (including phenoxy) is 1. The quantitative estimate of drug-likeness (QED) is 0.342. The van der Waals surface area contributed by atoms with E-state index in [4.69, 9.17) is 4.74 Å². The zero-order chi connectivity index (χ0) is 17.9. The minimum Gasteiger partial charge on any atom is -0.497 e. The molecule has 0 aromatic heterocycles. The van der Waals surface area contributed by atoms with E-state index < -0.39 is 10.8 Å². The number of nitrogens with zero attached hydrogens (tertiary/aromatic N) is 1. The van der Waals surface area contributed by atoms with Gasteiger partial charge in [-0.3, -0.25) is 9.20 Å². The van der Waals surface area contributed by atoms with Crippen molar-refractivity contribution < 1.29 is 8.95 Å². The van der Waals surface area contributed by atoms with Crippen LogP contribution in [0, 0.1) is 0 Å². The maximum atomic E-state index is 12.1. The molecule has 7 heteroatoms. The Kier molecular flexibility index (Phi) is 11.0. The normalized spacial score (nSPS) is 12.0. The average Bonchev–Trinajstić information content (AvgIpc) is 2.65. The highest BCUT2D eigenvalue weighted by Crippen LogP contribution is 2.12. The van der Waals surface area contributed by atoms with Crippen molar-refractivity contribution in [2.75, 3.05) is 26.5 Å². The monoisotopic (exact) mass is 487 g/mol. The van der Waals surface area contributed by atoms with E-state index in [0.717, 1.165) is 16.9 Å². The molecule has 2 rings (SSSR count). The predicted molar refractivity (Wildman–Crippen MR) is 120 cm³/mol. The Hall–Kier alpha value is -1.61. The minimum atomic E-state index is -0.895. The first-order chi connectivity index (χ1) is 12.2. The lowest BCUT2D eigenvalue weighted by molar-refractivity contribution is 0.414. The van der Waals surface area contributed by atoms with Crippen LogP contribution in [-0.4, -0.2) is 36.6 Å². The van der Waals surface area contributed by atoms with Crippen LogP contribution in [-0.2, 0) is 23.1 Å². The Balaban J connectivity index is 0.00000338. The maximum Gasteiger partial charge on any atom is 0.191 e. The van der Waals surface area contributed by atoms with Gasteiger partial charge in [0.1, 0.15) is 5.75 Å². The molecule has 0 aliphatic heterocycles. The third-order valence-electron chi connectivity index (χ3n) is 3.61. The summed E-state index contributed by atoms with van der Waals surface area (Å²) in [6.07, 6.45) is 0. The molecule has 26 heavy (non-hydrogen) atoms. The minimum absolute atomic E-state index is 0. The van der Waals surface area contributed by atoms with Gasteiger partial charge in [0.05, 0.1) is 7.11 Å². The van der Waals surface area contributed by atoms with Crippen LogP contribution in [0.25, 0.3) is 0 Å². The highest BCUT2D eigenvalue weighted by atomic mass is 127. The van der Waals surface area contributed by atoms with Gasteiger partial charge >= 0.3 is 0 Å². The Bertz CT molecular complexity index is 711. The summed E-state index contributed by atoms with van der Waals surface area (Å²) in [6, 6.07) is 17.8. The Morgan fingerprint density at radius 1 is 1.08 bits per heavy atom. The lowest BCUT2D eigenvalue weighted by Gasteiger charge is -2.12. The SMILES string of the molecule is CN=C(NCCS(=O)Cc1ccccc1)NCc1cccc(OC)c1.I. The van der Waals surface area contributed by atoms with Crippen LogP contribution in [0.5, 0.6) is 5.75 Å². The van der Waals surface area contributed by atoms with Crippen LogP contribution in [0.2, 0.25) is 0 Å². The van der Waals surface area contributed by atoms with E-state index in [1.165, 1.54) is 0 Å². The van der Waals surface area contributed by atoms with Gasteiger partial charge in [-0.2, -0.15) is 0 Å². The number of methoxy groups -OCH3 is 1. The number of hydrogen-bond acceptors (Lipinski definition) is 3. The molecule has 0 fully saturated rings. The fourth-order valence-corrected chi connectivity index (χ4v) is 3.34. The molecule has 0 saturated carbocycles. The lowest BCUT2D eigenvalue weighted by atomic mass is 10.2. The van der Waals surface area contributed by atoms with E-state index in [2.05, 4.69) is 15.6 Å². The molecule has 2 N–H and O–H groups in total. The third-order valence-corrected chi connectivity index (χ3v) is 4.93. The molecule has 0 aliphatic carbocycles. The van der Waals surface area contributed by atoms with Gasteiger partial charge in [-0.25, -0.2) is 0 Å². The molecule has 0 heterocycles. The van der Waals surface area contributed by atoms with Crippen LogP contribution in [0.15, 0.2) is 59.6 Å².